The summed E-state index contributed by atoms with van der Waals surface area (Å²) < 4.78 is 0. The molecule has 0 aromatic heterocycles. The lowest BCUT2D eigenvalue weighted by Gasteiger charge is -2.41. The van der Waals surface area contributed by atoms with Crippen LogP contribution in [0.5, 0.6) is 0 Å². The minimum atomic E-state index is -0.766. The van der Waals surface area contributed by atoms with Crippen LogP contribution in [-0.2, 0) is 5.60 Å². The van der Waals surface area contributed by atoms with Crippen molar-refractivity contribution in [3.63, 3.8) is 0 Å². The van der Waals surface area contributed by atoms with Gasteiger partial charge in [-0.2, -0.15) is 0 Å². The first-order valence-electron chi connectivity index (χ1n) is 5.86. The summed E-state index contributed by atoms with van der Waals surface area (Å²) in [6.07, 6.45) is 1.68. The molecule has 1 heterocycles. The van der Waals surface area contributed by atoms with Crippen LogP contribution in [0.25, 0.3) is 0 Å². The monoisotopic (exact) mass is 239 g/mol. The molecule has 0 saturated carbocycles. The molecule has 2 atom stereocenters. The summed E-state index contributed by atoms with van der Waals surface area (Å²) in [6, 6.07) is 7.63. The molecular formula is C13H18ClNO. The molecule has 1 aliphatic rings. The smallest absolute Gasteiger partial charge is 0.0963 e. The van der Waals surface area contributed by atoms with Gasteiger partial charge in [-0.05, 0) is 25.5 Å². The van der Waals surface area contributed by atoms with Gasteiger partial charge in [0.25, 0.3) is 0 Å². The molecule has 0 amide bonds. The van der Waals surface area contributed by atoms with Gasteiger partial charge >= 0.3 is 0 Å². The summed E-state index contributed by atoms with van der Waals surface area (Å²) in [5.41, 5.74) is 0.114. The molecule has 0 aliphatic carbocycles. The molecule has 16 heavy (non-hydrogen) atoms. The fraction of sp³-hybridized carbons (Fsp3) is 0.538. The Hall–Kier alpha value is -0.570. The van der Waals surface area contributed by atoms with Gasteiger partial charge in [-0.1, -0.05) is 36.7 Å². The number of halogens is 1. The van der Waals surface area contributed by atoms with Gasteiger partial charge in [0, 0.05) is 23.0 Å². The Morgan fingerprint density at radius 1 is 1.50 bits per heavy atom. The van der Waals surface area contributed by atoms with Gasteiger partial charge < -0.3 is 10.4 Å². The van der Waals surface area contributed by atoms with Crippen LogP contribution in [0, 0.1) is 5.92 Å². The molecule has 88 valence electrons. The molecule has 2 nitrogen and oxygen atoms in total. The maximum atomic E-state index is 10.9. The summed E-state index contributed by atoms with van der Waals surface area (Å²) in [6.45, 7) is 3.82. The van der Waals surface area contributed by atoms with Crippen LogP contribution in [0.2, 0.25) is 5.02 Å². The predicted molar refractivity (Wildman–Crippen MR) is 66.6 cm³/mol. The van der Waals surface area contributed by atoms with Gasteiger partial charge in [0.15, 0.2) is 0 Å². The van der Waals surface area contributed by atoms with E-state index in [9.17, 15) is 5.11 Å². The predicted octanol–water partition coefficient (Wildman–Crippen LogP) is 2.55. The normalized spacial score (nSPS) is 30.3. The quantitative estimate of drug-likeness (QED) is 0.832. The van der Waals surface area contributed by atoms with E-state index in [2.05, 4.69) is 12.2 Å². The van der Waals surface area contributed by atoms with Crippen LogP contribution in [0.1, 0.15) is 25.3 Å². The minimum Gasteiger partial charge on any atom is -0.385 e. The highest BCUT2D eigenvalue weighted by Gasteiger charge is 2.40. The summed E-state index contributed by atoms with van der Waals surface area (Å²) >= 11 is 6.19. The molecule has 1 aromatic rings. The Morgan fingerprint density at radius 3 is 2.94 bits per heavy atom. The molecule has 2 N–H and O–H groups in total. The van der Waals surface area contributed by atoms with Crippen molar-refractivity contribution in [2.45, 2.75) is 25.4 Å². The molecule has 3 heteroatoms. The molecule has 1 aliphatic heterocycles. The lowest BCUT2D eigenvalue weighted by atomic mass is 9.75. The van der Waals surface area contributed by atoms with Crippen molar-refractivity contribution in [3.05, 3.63) is 34.9 Å². The first kappa shape index (κ1) is 11.9. The standard InChI is InChI=1S/C13H18ClNO/c1-2-10-9-15-8-7-13(10,16)11-5-3-4-6-12(11)14/h3-6,10,15-16H,2,7-9H2,1H3. The summed E-state index contributed by atoms with van der Waals surface area (Å²) in [7, 11) is 0. The minimum absolute atomic E-state index is 0.237. The molecule has 2 rings (SSSR count). The molecule has 2 unspecified atom stereocenters. The van der Waals surface area contributed by atoms with E-state index in [0.29, 0.717) is 5.02 Å². The maximum absolute atomic E-state index is 10.9. The molecule has 0 bridgehead atoms. The second-order valence-corrected chi connectivity index (χ2v) is 4.87. The Morgan fingerprint density at radius 2 is 2.25 bits per heavy atom. The summed E-state index contributed by atoms with van der Waals surface area (Å²) in [4.78, 5) is 0. The number of piperidine rings is 1. The fourth-order valence-electron chi connectivity index (χ4n) is 2.58. The lowest BCUT2D eigenvalue weighted by Crippen LogP contribution is -2.48. The van der Waals surface area contributed by atoms with E-state index in [-0.39, 0.29) is 5.92 Å². The van der Waals surface area contributed by atoms with Crippen molar-refractivity contribution in [3.8, 4) is 0 Å². The third-order valence-electron chi connectivity index (χ3n) is 3.58. The Labute approximate surface area is 102 Å². The van der Waals surface area contributed by atoms with E-state index in [4.69, 9.17) is 11.6 Å². The summed E-state index contributed by atoms with van der Waals surface area (Å²) in [5, 5.41) is 14.9. The SMILES string of the molecule is CCC1CNCCC1(O)c1ccccc1Cl. The van der Waals surface area contributed by atoms with Crippen molar-refractivity contribution in [1.29, 1.82) is 0 Å². The zero-order valence-electron chi connectivity index (χ0n) is 9.54. The third kappa shape index (κ3) is 1.97. The van der Waals surface area contributed by atoms with E-state index in [1.54, 1.807) is 0 Å². The largest absolute Gasteiger partial charge is 0.385 e. The lowest BCUT2D eigenvalue weighted by molar-refractivity contribution is -0.0477. The number of aliphatic hydroxyl groups is 1. The number of benzene rings is 1. The molecule has 0 radical (unpaired) electrons. The summed E-state index contributed by atoms with van der Waals surface area (Å²) in [5.74, 6) is 0.237. The van der Waals surface area contributed by atoms with Gasteiger partial charge in [-0.25, -0.2) is 0 Å². The van der Waals surface area contributed by atoms with E-state index in [1.165, 1.54) is 0 Å². The van der Waals surface area contributed by atoms with Crippen LogP contribution < -0.4 is 5.32 Å². The average Bonchev–Trinajstić information content (AvgIpc) is 2.30. The first-order valence-corrected chi connectivity index (χ1v) is 6.24. The Balaban J connectivity index is 2.39. The molecular weight excluding hydrogens is 222 g/mol. The van der Waals surface area contributed by atoms with Gasteiger partial charge in [-0.3, -0.25) is 0 Å². The van der Waals surface area contributed by atoms with Gasteiger partial charge in [0.1, 0.15) is 0 Å². The van der Waals surface area contributed by atoms with Gasteiger partial charge in [0.05, 0.1) is 5.60 Å². The second-order valence-electron chi connectivity index (χ2n) is 4.46. The van der Waals surface area contributed by atoms with E-state index in [1.807, 2.05) is 24.3 Å². The van der Waals surface area contributed by atoms with Crippen molar-refractivity contribution in [1.82, 2.24) is 5.32 Å². The molecule has 1 aromatic carbocycles. The number of hydrogen-bond acceptors (Lipinski definition) is 2. The molecule has 1 saturated heterocycles. The average molecular weight is 240 g/mol. The zero-order chi connectivity index (χ0) is 11.6. The number of rotatable bonds is 2. The van der Waals surface area contributed by atoms with Gasteiger partial charge in [0.2, 0.25) is 0 Å². The van der Waals surface area contributed by atoms with E-state index < -0.39 is 5.60 Å². The fourth-order valence-corrected chi connectivity index (χ4v) is 2.88. The molecule has 1 fully saturated rings. The number of hydrogen-bond donors (Lipinski definition) is 2. The van der Waals surface area contributed by atoms with E-state index in [0.717, 1.165) is 31.5 Å². The maximum Gasteiger partial charge on any atom is 0.0963 e. The highest BCUT2D eigenvalue weighted by atomic mass is 35.5. The van der Waals surface area contributed by atoms with Gasteiger partial charge in [-0.15, -0.1) is 0 Å². The first-order chi connectivity index (χ1) is 7.68. The molecule has 0 spiro atoms. The third-order valence-corrected chi connectivity index (χ3v) is 3.91. The van der Waals surface area contributed by atoms with Crippen molar-refractivity contribution < 1.29 is 5.11 Å². The van der Waals surface area contributed by atoms with Crippen LogP contribution in [0.3, 0.4) is 0 Å². The zero-order valence-corrected chi connectivity index (χ0v) is 10.3. The second kappa shape index (κ2) is 4.74. The Bertz CT molecular complexity index is 369. The van der Waals surface area contributed by atoms with Crippen LogP contribution >= 0.6 is 11.6 Å². The van der Waals surface area contributed by atoms with Crippen LogP contribution in [0.15, 0.2) is 24.3 Å². The van der Waals surface area contributed by atoms with E-state index >= 15 is 0 Å². The Kier molecular flexibility index (Phi) is 3.53. The van der Waals surface area contributed by atoms with Crippen molar-refractivity contribution >= 4 is 11.6 Å². The number of nitrogens with one attached hydrogen (secondary N) is 1. The van der Waals surface area contributed by atoms with Crippen molar-refractivity contribution in [2.75, 3.05) is 13.1 Å². The van der Waals surface area contributed by atoms with Crippen LogP contribution in [-0.4, -0.2) is 18.2 Å². The van der Waals surface area contributed by atoms with Crippen LogP contribution in [0.4, 0.5) is 0 Å². The van der Waals surface area contributed by atoms with Crippen molar-refractivity contribution in [2.24, 2.45) is 5.92 Å². The highest BCUT2D eigenvalue weighted by molar-refractivity contribution is 6.31. The highest BCUT2D eigenvalue weighted by Crippen LogP contribution is 2.39. The topological polar surface area (TPSA) is 32.3 Å².